The number of hydrogen-bond donors (Lipinski definition) is 3. The van der Waals surface area contributed by atoms with Gasteiger partial charge in [0.2, 0.25) is 11.8 Å². The van der Waals surface area contributed by atoms with Crippen LogP contribution in [0.1, 0.15) is 64.2 Å². The third-order valence-corrected chi connectivity index (χ3v) is 7.31. The first-order chi connectivity index (χ1) is 21.8. The molecule has 3 atom stereocenters. The Hall–Kier alpha value is -4.66. The normalized spacial score (nSPS) is 13.3. The zero-order valence-electron chi connectivity index (χ0n) is 27.4. The first kappa shape index (κ1) is 35.8. The van der Waals surface area contributed by atoms with Gasteiger partial charge in [-0.15, -0.1) is 0 Å². The third kappa shape index (κ3) is 12.0. The second-order valence-electron chi connectivity index (χ2n) is 12.9. The lowest BCUT2D eigenvalue weighted by atomic mass is 9.98. The lowest BCUT2D eigenvalue weighted by Gasteiger charge is -2.34. The maximum Gasteiger partial charge on any atom is 0.408 e. The maximum absolute atomic E-state index is 14.4. The Morgan fingerprint density at radius 2 is 1.28 bits per heavy atom. The fourth-order valence-electron chi connectivity index (χ4n) is 5.13. The highest BCUT2D eigenvalue weighted by Crippen LogP contribution is 2.19. The van der Waals surface area contributed by atoms with Crippen molar-refractivity contribution in [2.45, 2.75) is 90.6 Å². The van der Waals surface area contributed by atoms with Crippen LogP contribution in [0.15, 0.2) is 91.0 Å². The first-order valence-electron chi connectivity index (χ1n) is 15.8. The van der Waals surface area contributed by atoms with Crippen LogP contribution in [0.25, 0.3) is 0 Å². The van der Waals surface area contributed by atoms with E-state index in [2.05, 4.69) is 10.6 Å². The molecule has 9 heteroatoms. The van der Waals surface area contributed by atoms with Gasteiger partial charge in [-0.2, -0.15) is 0 Å². The quantitative estimate of drug-likeness (QED) is 0.196. The van der Waals surface area contributed by atoms with Crippen LogP contribution in [-0.4, -0.2) is 57.6 Å². The van der Waals surface area contributed by atoms with E-state index in [9.17, 15) is 24.3 Å². The summed E-state index contributed by atoms with van der Waals surface area (Å²) in [5.74, 6) is -2.20. The zero-order valence-corrected chi connectivity index (χ0v) is 27.4. The molecule has 0 bridgehead atoms. The molecule has 3 aromatic carbocycles. The highest BCUT2D eigenvalue weighted by atomic mass is 16.6. The van der Waals surface area contributed by atoms with Crippen molar-refractivity contribution in [2.24, 2.45) is 5.92 Å². The fourth-order valence-corrected chi connectivity index (χ4v) is 5.13. The molecule has 46 heavy (non-hydrogen) atoms. The Labute approximate surface area is 272 Å². The van der Waals surface area contributed by atoms with Crippen LogP contribution in [0.4, 0.5) is 4.79 Å². The van der Waals surface area contributed by atoms with Crippen LogP contribution in [0.2, 0.25) is 0 Å². The van der Waals surface area contributed by atoms with Crippen LogP contribution in [-0.2, 0) is 38.5 Å². The molecular formula is C37H47N3O6. The molecule has 0 saturated carbocycles. The summed E-state index contributed by atoms with van der Waals surface area (Å²) in [5.41, 5.74) is 1.74. The molecular weight excluding hydrogens is 582 g/mol. The van der Waals surface area contributed by atoms with Gasteiger partial charge in [0.15, 0.2) is 0 Å². The second-order valence-corrected chi connectivity index (χ2v) is 12.9. The number of alkyl carbamates (subject to hydrolysis) is 1. The van der Waals surface area contributed by atoms with Gasteiger partial charge in [-0.25, -0.2) is 9.59 Å². The number of nitrogens with zero attached hydrogens (tertiary/aromatic N) is 1. The summed E-state index contributed by atoms with van der Waals surface area (Å²) in [6, 6.07) is 24.7. The molecule has 0 saturated heterocycles. The highest BCUT2D eigenvalue weighted by molar-refractivity contribution is 5.93. The van der Waals surface area contributed by atoms with Crippen molar-refractivity contribution in [3.8, 4) is 0 Å². The molecule has 3 amide bonds. The Bertz CT molecular complexity index is 1410. The molecule has 0 aliphatic rings. The smallest absolute Gasteiger partial charge is 0.408 e. The topological polar surface area (TPSA) is 125 Å². The van der Waals surface area contributed by atoms with Crippen molar-refractivity contribution in [1.82, 2.24) is 15.5 Å². The lowest BCUT2D eigenvalue weighted by Crippen LogP contribution is -2.57. The Balaban J connectivity index is 1.93. The minimum Gasteiger partial charge on any atom is -0.480 e. The van der Waals surface area contributed by atoms with Gasteiger partial charge in [0.05, 0.1) is 0 Å². The predicted octanol–water partition coefficient (Wildman–Crippen LogP) is 5.77. The van der Waals surface area contributed by atoms with E-state index >= 15 is 0 Å². The number of carboxylic acids is 1. The minimum absolute atomic E-state index is 0.00758. The molecule has 3 aromatic rings. The zero-order chi connectivity index (χ0) is 33.7. The number of rotatable bonds is 15. The fraction of sp³-hybridized carbons (Fsp3) is 0.405. The minimum atomic E-state index is -1.18. The Kier molecular flexibility index (Phi) is 13.4. The summed E-state index contributed by atoms with van der Waals surface area (Å²) in [4.78, 5) is 55.1. The van der Waals surface area contributed by atoms with Crippen molar-refractivity contribution >= 4 is 23.9 Å². The number of nitrogens with one attached hydrogen (secondary N) is 2. The molecule has 0 unspecified atom stereocenters. The summed E-state index contributed by atoms with van der Waals surface area (Å²) >= 11 is 0. The Morgan fingerprint density at radius 3 is 1.78 bits per heavy atom. The van der Waals surface area contributed by atoms with Gasteiger partial charge < -0.3 is 25.4 Å². The monoisotopic (exact) mass is 629 g/mol. The van der Waals surface area contributed by atoms with Crippen LogP contribution >= 0.6 is 0 Å². The maximum atomic E-state index is 14.4. The van der Waals surface area contributed by atoms with Gasteiger partial charge in [0.25, 0.3) is 0 Å². The van der Waals surface area contributed by atoms with Gasteiger partial charge in [-0.05, 0) is 62.6 Å². The molecule has 0 aliphatic carbocycles. The molecule has 3 N–H and O–H groups in total. The first-order valence-corrected chi connectivity index (χ1v) is 15.8. The standard InChI is InChI=1S/C37H47N3O6/c1-26(2)23-31(38-33(41)30(39-36(45)46-37(3,4)5)22-21-27-15-9-6-10-16-27)34(42)40(25-29-19-13-8-14-20-29)32(35(43)44)24-28-17-11-7-12-18-28/h6-20,26,30-32H,21-25H2,1-5H3,(H,38,41)(H,39,45)(H,43,44)/t30-,31-,32-/m0/s1. The van der Waals surface area contributed by atoms with Gasteiger partial charge in [-0.3, -0.25) is 9.59 Å². The number of aryl methyl sites for hydroxylation is 1. The van der Waals surface area contributed by atoms with E-state index in [-0.39, 0.29) is 31.7 Å². The van der Waals surface area contributed by atoms with Crippen LogP contribution in [0.5, 0.6) is 0 Å². The van der Waals surface area contributed by atoms with E-state index in [1.165, 1.54) is 4.90 Å². The molecule has 0 spiro atoms. The number of amides is 3. The van der Waals surface area contributed by atoms with Gasteiger partial charge in [-0.1, -0.05) is 105 Å². The molecule has 246 valence electrons. The molecule has 9 nitrogen and oxygen atoms in total. The van der Waals surface area contributed by atoms with Crippen molar-refractivity contribution in [2.75, 3.05) is 0 Å². The number of ether oxygens (including phenoxy) is 1. The number of carbonyl (C=O) groups is 4. The molecule has 0 aliphatic heterocycles. The van der Waals surface area contributed by atoms with E-state index < -0.39 is 47.6 Å². The van der Waals surface area contributed by atoms with Crippen molar-refractivity contribution in [3.63, 3.8) is 0 Å². The summed E-state index contributed by atoms with van der Waals surface area (Å²) in [5, 5.41) is 16.0. The number of carbonyl (C=O) groups excluding carboxylic acids is 3. The highest BCUT2D eigenvalue weighted by Gasteiger charge is 2.36. The van der Waals surface area contributed by atoms with E-state index in [1.54, 1.807) is 20.8 Å². The number of hydrogen-bond acceptors (Lipinski definition) is 5. The summed E-state index contributed by atoms with van der Waals surface area (Å²) < 4.78 is 5.44. The lowest BCUT2D eigenvalue weighted by molar-refractivity contribution is -0.152. The molecule has 0 heterocycles. The molecule has 0 aromatic heterocycles. The number of aliphatic carboxylic acids is 1. The average Bonchev–Trinajstić information content (AvgIpc) is 3.00. The van der Waals surface area contributed by atoms with Crippen LogP contribution in [0, 0.1) is 5.92 Å². The van der Waals surface area contributed by atoms with Crippen molar-refractivity contribution < 1.29 is 29.0 Å². The van der Waals surface area contributed by atoms with E-state index in [1.807, 2.05) is 105 Å². The van der Waals surface area contributed by atoms with E-state index in [4.69, 9.17) is 4.74 Å². The summed E-state index contributed by atoms with van der Waals surface area (Å²) in [6.45, 7) is 9.11. The second kappa shape index (κ2) is 17.1. The predicted molar refractivity (Wildman–Crippen MR) is 178 cm³/mol. The molecule has 3 rings (SSSR count). The third-order valence-electron chi connectivity index (χ3n) is 7.31. The van der Waals surface area contributed by atoms with Gasteiger partial charge >= 0.3 is 12.1 Å². The summed E-state index contributed by atoms with van der Waals surface area (Å²) in [7, 11) is 0. The van der Waals surface area contributed by atoms with Gasteiger partial charge in [0, 0.05) is 13.0 Å². The summed E-state index contributed by atoms with van der Waals surface area (Å²) in [6.07, 6.45) is 0.377. The van der Waals surface area contributed by atoms with Crippen LogP contribution < -0.4 is 10.6 Å². The largest absolute Gasteiger partial charge is 0.480 e. The molecule has 0 radical (unpaired) electrons. The number of carboxylic acid groups (broad SMARTS) is 1. The van der Waals surface area contributed by atoms with Crippen LogP contribution in [0.3, 0.4) is 0 Å². The SMILES string of the molecule is CC(C)C[C@H](NC(=O)[C@H](CCc1ccccc1)NC(=O)OC(C)(C)C)C(=O)N(Cc1ccccc1)[C@@H](Cc1ccccc1)C(=O)O. The van der Waals surface area contributed by atoms with Crippen molar-refractivity contribution in [1.29, 1.82) is 0 Å². The Morgan fingerprint density at radius 1 is 0.761 bits per heavy atom. The van der Waals surface area contributed by atoms with Gasteiger partial charge in [0.1, 0.15) is 23.7 Å². The van der Waals surface area contributed by atoms with E-state index in [0.29, 0.717) is 6.42 Å². The van der Waals surface area contributed by atoms with Crippen molar-refractivity contribution in [3.05, 3.63) is 108 Å². The van der Waals surface area contributed by atoms with E-state index in [0.717, 1.165) is 16.7 Å². The average molecular weight is 630 g/mol. The molecule has 0 fully saturated rings. The number of benzene rings is 3.